The van der Waals surface area contributed by atoms with E-state index in [1.807, 2.05) is 97.9 Å². The first-order chi connectivity index (χ1) is 57.9. The van der Waals surface area contributed by atoms with Crippen LogP contribution < -0.4 is 39.5 Å². The predicted octanol–water partition coefficient (Wildman–Crippen LogP) is 11.0. The van der Waals surface area contributed by atoms with E-state index >= 15 is 0 Å². The summed E-state index contributed by atoms with van der Waals surface area (Å²) in [6.45, 7) is 24.6. The number of carboxylic acid groups (broad SMARTS) is 2. The van der Waals surface area contributed by atoms with Gasteiger partial charge in [-0.15, -0.1) is 22.6 Å². The number of rotatable bonds is 18. The van der Waals surface area contributed by atoms with Crippen molar-refractivity contribution in [3.63, 3.8) is 0 Å². The number of aliphatic carboxylic acids is 2. The minimum Gasteiger partial charge on any atom is -1.00 e. The Morgan fingerprint density at radius 3 is 1.17 bits per heavy atom. The van der Waals surface area contributed by atoms with Crippen molar-refractivity contribution in [2.24, 2.45) is 22.3 Å². The van der Waals surface area contributed by atoms with Gasteiger partial charge in [-0.1, -0.05) is 42.8 Å². The minimum absolute atomic E-state index is 0. The zero-order valence-electron chi connectivity index (χ0n) is 74.8. The molecule has 8 heterocycles. The smallest absolute Gasteiger partial charge is 1.00 e. The molecule has 8 aromatic heterocycles. The van der Waals surface area contributed by atoms with Gasteiger partial charge in [0.25, 0.3) is 0 Å². The molecule has 10 rings (SSSR count). The van der Waals surface area contributed by atoms with E-state index in [0.29, 0.717) is 34.2 Å². The number of nitrogens with one attached hydrogen (secondary N) is 2. The van der Waals surface area contributed by atoms with E-state index in [1.165, 1.54) is 60.6 Å². The number of nitrogens with two attached hydrogens (primary N) is 3. The standard InChI is InChI=1S/C20H19F3N6O.C13H10F3N3O2.C10H21N3.C7H9N5.2C7H11N3.C7H10N2O.C6H6N2O.C2H3BrO2.C2H6N2.2CH4.CH3.BrH.ClH.Mg/c1-12-6-15(8-17(7-12)20(21,22)23)19-26-11-29(28-19)5-4-18(30)27-13(2)16-9-24-14(3)25-10-16;1-8-4-9(6-10(5-8)13(14,15)16)12-17-7-19(18-12)3-2-11(20)21;1-11(2)7-10(8-12(3)4)9-13(5)6;1-5(11-12-8)7-3-9-6(2)10-4-7;2*1-5(8)7-3-9-6(2)10-4-7;1-5(10)7-3-8-6(2)9-4-7;1-5-7-2-6(4-9)3-8-5;3-1-2(4)5;1-2(3)4;;;;;;/h4-11,13H,1-3H3,(H,27,30);2-7H,1H3,(H,20,21);7-9H,1-6H3;3-5H,1-2H3;2*3-5H,8H2,1-2H3;3-5,10H,1-2H3;2-4H,1H3;1H2,(H,4,5);1H3,(H3,3,4);2*1H4;1H3;2*1H;/q;;+2;;;;;;;;;;-1;;;+2/p-1/b5-4-;3-2-;;;;;;;;;;;;;;. The average Bonchev–Trinajstić information content (AvgIpc) is 1.05. The third-order valence-electron chi connectivity index (χ3n) is 14.5. The van der Waals surface area contributed by atoms with E-state index in [2.05, 4.69) is 130 Å². The van der Waals surface area contributed by atoms with Crippen molar-refractivity contribution < 1.29 is 87.0 Å². The second-order valence-electron chi connectivity index (χ2n) is 27.1. The molecule has 2 aromatic carbocycles. The van der Waals surface area contributed by atoms with Gasteiger partial charge in [0.1, 0.15) is 86.7 Å². The zero-order valence-corrected chi connectivity index (χ0v) is 80.2. The molecule has 11 N–H and O–H groups in total. The maximum absolute atomic E-state index is 13.0. The monoisotopic (exact) mass is 1980 g/mol. The quantitative estimate of drug-likeness (QED) is 0.00321. The minimum atomic E-state index is -4.46. The first kappa shape index (κ1) is 129. The largest absolute Gasteiger partial charge is 2.00 e. The molecule has 0 aliphatic rings. The molecule has 0 saturated heterocycles. The van der Waals surface area contributed by atoms with Gasteiger partial charge in [-0.05, 0) is 149 Å². The molecule has 0 fully saturated rings. The van der Waals surface area contributed by atoms with Gasteiger partial charge in [0.05, 0.1) is 40.7 Å². The number of azide groups is 1. The normalized spacial score (nSPS) is 11.0. The molecule has 0 aliphatic carbocycles. The van der Waals surface area contributed by atoms with Crippen molar-refractivity contribution >= 4 is 106 Å². The summed E-state index contributed by atoms with van der Waals surface area (Å²) >= 11 is 2.71. The summed E-state index contributed by atoms with van der Waals surface area (Å²) in [6, 6.07) is 6.68. The number of carboxylic acids is 2. The number of amidine groups is 1. The Hall–Kier alpha value is -12.1. The Morgan fingerprint density at radius 2 is 0.892 bits per heavy atom. The number of hydrogen-bond donors (Lipinski definition) is 8. The SMILES string of the molecule is C.C.CC(=N)N.CN(C)C=C(C=[N+](C)C)C=[N+](C)C.Cc1cc(-c2ncn(/C=C\C(=O)NC(C)c3cnc(C)nc3)n2)cc(C(F)(F)F)c1.Cc1cc(-c2ncn(/C=C\C(=O)O)n2)cc(C(F)(F)F)c1.Cc1ncc(C(C)N)cn1.Cc1ncc(C(C)N)cn1.Cc1ncc(C(C)N=[N+]=[N-])cn1.Cc1ncc(C(C)O)cn1.Cc1ncc(C=O)cn1.Cl.O=C(O)CBr.[Br-].[CH3-].[Mg+2]. The Kier molecular flexibility index (Phi) is 66.5. The second-order valence-corrected chi connectivity index (χ2v) is 27.7. The van der Waals surface area contributed by atoms with Crippen LogP contribution in [0.4, 0.5) is 26.3 Å². The van der Waals surface area contributed by atoms with Crippen LogP contribution in [-0.2, 0) is 26.7 Å². The fourth-order valence-electron chi connectivity index (χ4n) is 8.48. The van der Waals surface area contributed by atoms with E-state index in [1.54, 1.807) is 117 Å². The van der Waals surface area contributed by atoms with Crippen LogP contribution >= 0.6 is 28.3 Å². The van der Waals surface area contributed by atoms with Gasteiger partial charge in [-0.3, -0.25) is 19.8 Å². The fraction of sp³-hybridized carbons (Fsp3) is 0.357. The van der Waals surface area contributed by atoms with Gasteiger partial charge < -0.3 is 67.1 Å². The molecular weight excluding hydrogens is 1860 g/mol. The van der Waals surface area contributed by atoms with Crippen molar-refractivity contribution in [1.29, 1.82) is 5.41 Å². The molecule has 46 heteroatoms. The Bertz CT molecular complexity index is 5010. The first-order valence-electron chi connectivity index (χ1n) is 37.0. The number of carbonyl (C=O) groups is 4. The van der Waals surface area contributed by atoms with Crippen molar-refractivity contribution in [1.82, 2.24) is 99.6 Å². The number of alkyl halides is 7. The number of aldehydes is 1. The van der Waals surface area contributed by atoms with E-state index in [0.717, 1.165) is 92.8 Å². The van der Waals surface area contributed by atoms with Gasteiger partial charge in [-0.25, -0.2) is 93.1 Å². The third-order valence-corrected chi connectivity index (χ3v) is 14.9. The molecule has 130 heavy (non-hydrogen) atoms. The average molecular weight is 1980 g/mol. The van der Waals surface area contributed by atoms with Crippen LogP contribution in [0.5, 0.6) is 0 Å². The van der Waals surface area contributed by atoms with Crippen LogP contribution in [0.1, 0.15) is 182 Å². The number of aryl methyl sites for hydroxylation is 8. The first-order valence-corrected chi connectivity index (χ1v) is 38.1. The van der Waals surface area contributed by atoms with E-state index < -0.39 is 41.5 Å². The van der Waals surface area contributed by atoms with Gasteiger partial charge >= 0.3 is 47.3 Å². The molecule has 10 aromatic rings. The van der Waals surface area contributed by atoms with Crippen LogP contribution in [0.3, 0.4) is 0 Å². The van der Waals surface area contributed by atoms with Gasteiger partial charge in [-0.2, -0.15) is 26.3 Å². The Morgan fingerprint density at radius 1 is 0.585 bits per heavy atom. The maximum atomic E-state index is 13.0. The number of amides is 1. The summed E-state index contributed by atoms with van der Waals surface area (Å²) in [5.74, 6) is 2.32. The second kappa shape index (κ2) is 67.2. The maximum Gasteiger partial charge on any atom is 2.00 e. The van der Waals surface area contributed by atoms with E-state index in [9.17, 15) is 45.5 Å². The summed E-state index contributed by atoms with van der Waals surface area (Å²) in [6.07, 6.45) is 24.6. The molecule has 36 nitrogen and oxygen atoms in total. The van der Waals surface area contributed by atoms with Crippen molar-refractivity contribution in [3.8, 4) is 22.8 Å². The summed E-state index contributed by atoms with van der Waals surface area (Å²) in [5.41, 5.74) is 29.8. The topological polar surface area (TPSA) is 517 Å². The number of allylic oxidation sites excluding steroid dienone is 1. The van der Waals surface area contributed by atoms with Gasteiger partial charge in [0.2, 0.25) is 5.91 Å². The summed E-state index contributed by atoms with van der Waals surface area (Å²) < 4.78 is 83.8. The van der Waals surface area contributed by atoms with E-state index in [-0.39, 0.29) is 139 Å². The van der Waals surface area contributed by atoms with Crippen LogP contribution in [0.15, 0.2) is 152 Å². The van der Waals surface area contributed by atoms with Crippen molar-refractivity contribution in [3.05, 3.63) is 256 Å². The van der Waals surface area contributed by atoms with Crippen LogP contribution in [0.25, 0.3) is 45.6 Å². The number of aliphatic hydroxyl groups is 1. The Labute approximate surface area is 795 Å². The number of aliphatic hydroxyl groups excluding tert-OH is 1. The molecule has 0 saturated carbocycles. The molecule has 0 bridgehead atoms. The number of aromatic nitrogens is 18. The van der Waals surface area contributed by atoms with Gasteiger partial charge in [0, 0.05) is 170 Å². The molecule has 0 spiro atoms. The molecule has 704 valence electrons. The number of benzene rings is 2. The van der Waals surface area contributed by atoms with Crippen molar-refractivity contribution in [2.45, 2.75) is 154 Å². The van der Waals surface area contributed by atoms with Crippen LogP contribution in [0, 0.1) is 68.2 Å². The number of carbonyl (C=O) groups excluding carboxylic acids is 2. The molecule has 0 radical (unpaired) electrons. The van der Waals surface area contributed by atoms with E-state index in [4.69, 9.17) is 43.5 Å². The molecule has 1 amide bonds. The zero-order chi connectivity index (χ0) is 94.1. The summed E-state index contributed by atoms with van der Waals surface area (Å²) in [4.78, 5) is 102. The fourth-order valence-corrected chi connectivity index (χ4v) is 8.48. The third kappa shape index (κ3) is 57.7. The molecular formula is C84H118Br2ClF6MgN29O7+2. The molecule has 5 unspecified atom stereocenters. The summed E-state index contributed by atoms with van der Waals surface area (Å²) in [7, 11) is 12.1. The molecule has 0 aliphatic heterocycles. The molecule has 5 atom stereocenters. The Balaban J connectivity index is -0.000000343. The van der Waals surface area contributed by atoms with Crippen LogP contribution in [0.2, 0.25) is 0 Å². The predicted molar refractivity (Wildman–Crippen MR) is 495 cm³/mol. The van der Waals surface area contributed by atoms with Crippen molar-refractivity contribution in [2.75, 3.05) is 47.6 Å². The number of halogens is 9. The van der Waals surface area contributed by atoms with Gasteiger partial charge in [0.15, 0.2) is 30.4 Å². The van der Waals surface area contributed by atoms with Crippen LogP contribution in [-0.4, -0.2) is 232 Å². The number of nitrogens with zero attached hydrogens (tertiary/aromatic N) is 24. The summed E-state index contributed by atoms with van der Waals surface area (Å²) in [5, 5.41) is 45.8. The number of hydrogen-bond acceptors (Lipinski definition) is 26.